The third-order valence-electron chi connectivity index (χ3n) is 2.12. The average molecular weight is 247 g/mol. The molecular weight excluding hydrogens is 235 g/mol. The number of halogens is 3. The van der Waals surface area contributed by atoms with Crippen molar-refractivity contribution in [2.24, 2.45) is 0 Å². The highest BCUT2D eigenvalue weighted by atomic mass is 32.2. The summed E-state index contributed by atoms with van der Waals surface area (Å²) in [5.41, 5.74) is -5.33. The second-order valence-corrected chi connectivity index (χ2v) is 4.94. The lowest BCUT2D eigenvalue weighted by molar-refractivity contribution is -0.0547. The Morgan fingerprint density at radius 1 is 1.33 bits per heavy atom. The van der Waals surface area contributed by atoms with Crippen LogP contribution in [0.25, 0.3) is 0 Å². The topological polar surface area (TPSA) is 55.4 Å². The van der Waals surface area contributed by atoms with Crippen LogP contribution in [0.2, 0.25) is 0 Å². The van der Waals surface area contributed by atoms with E-state index in [-0.39, 0.29) is 6.04 Å². The van der Waals surface area contributed by atoms with Crippen molar-refractivity contribution in [1.82, 2.24) is 5.32 Å². The maximum atomic E-state index is 11.9. The van der Waals surface area contributed by atoms with Crippen LogP contribution in [0.5, 0.6) is 0 Å². The molecule has 0 amide bonds. The molecule has 1 rings (SSSR count). The minimum Gasteiger partial charge on any atom is -0.312 e. The fourth-order valence-corrected chi connectivity index (χ4v) is 1.78. The lowest BCUT2D eigenvalue weighted by Gasteiger charge is -2.22. The molecule has 4 nitrogen and oxygen atoms in total. The summed E-state index contributed by atoms with van der Waals surface area (Å²) in [5, 5.41) is 2.89. The fourth-order valence-electron chi connectivity index (χ4n) is 1.30. The van der Waals surface area contributed by atoms with Gasteiger partial charge < -0.3 is 5.32 Å². The third-order valence-corrected chi connectivity index (χ3v) is 3.13. The molecular formula is C7H12F3NO3S. The van der Waals surface area contributed by atoms with Gasteiger partial charge in [0, 0.05) is 6.04 Å². The molecule has 0 saturated carbocycles. The smallest absolute Gasteiger partial charge is 0.312 e. The Kier molecular flexibility index (Phi) is 3.96. The Morgan fingerprint density at radius 2 is 2.00 bits per heavy atom. The molecule has 8 heteroatoms. The molecule has 1 aliphatic rings. The van der Waals surface area contributed by atoms with Gasteiger partial charge in [-0.25, -0.2) is 0 Å². The molecule has 0 aromatic carbocycles. The van der Waals surface area contributed by atoms with Crippen molar-refractivity contribution in [3.05, 3.63) is 0 Å². The maximum Gasteiger partial charge on any atom is 0.523 e. The van der Waals surface area contributed by atoms with Crippen LogP contribution in [-0.2, 0) is 14.3 Å². The van der Waals surface area contributed by atoms with Gasteiger partial charge in [0.25, 0.3) is 0 Å². The zero-order valence-electron chi connectivity index (χ0n) is 7.88. The van der Waals surface area contributed by atoms with Gasteiger partial charge in [0.1, 0.15) is 0 Å². The van der Waals surface area contributed by atoms with Crippen molar-refractivity contribution in [2.75, 3.05) is 13.2 Å². The molecule has 1 heterocycles. The summed E-state index contributed by atoms with van der Waals surface area (Å²) >= 11 is 0. The molecule has 0 aromatic rings. The first kappa shape index (κ1) is 12.7. The predicted molar refractivity (Wildman–Crippen MR) is 46.6 cm³/mol. The summed E-state index contributed by atoms with van der Waals surface area (Å²) in [5.74, 6) is 0. The van der Waals surface area contributed by atoms with E-state index in [1.807, 2.05) is 0 Å². The molecule has 1 fully saturated rings. The lowest BCUT2D eigenvalue weighted by atomic mass is 10.1. The van der Waals surface area contributed by atoms with Gasteiger partial charge in [0.05, 0.1) is 6.61 Å². The average Bonchev–Trinajstić information content (AvgIpc) is 2.15. The summed E-state index contributed by atoms with van der Waals surface area (Å²) in [6.45, 7) is 0.224. The highest BCUT2D eigenvalue weighted by molar-refractivity contribution is 7.87. The summed E-state index contributed by atoms with van der Waals surface area (Å²) in [7, 11) is -5.44. The van der Waals surface area contributed by atoms with E-state index in [1.165, 1.54) is 0 Å². The lowest BCUT2D eigenvalue weighted by Crippen LogP contribution is -2.39. The highest BCUT2D eigenvalue weighted by Gasteiger charge is 2.47. The zero-order valence-corrected chi connectivity index (χ0v) is 8.70. The molecule has 1 atom stereocenters. The molecule has 1 saturated heterocycles. The van der Waals surface area contributed by atoms with E-state index < -0.39 is 22.2 Å². The van der Waals surface area contributed by atoms with Crippen LogP contribution in [0.3, 0.4) is 0 Å². The molecule has 1 aliphatic heterocycles. The van der Waals surface area contributed by atoms with Gasteiger partial charge in [-0.15, -0.1) is 0 Å². The van der Waals surface area contributed by atoms with Gasteiger partial charge in [0.15, 0.2) is 0 Å². The van der Waals surface area contributed by atoms with Gasteiger partial charge >= 0.3 is 15.6 Å². The van der Waals surface area contributed by atoms with E-state index >= 15 is 0 Å². The standard InChI is InChI=1S/C7H12F3NO3S/c8-7(9,10)15(12,13)14-5-6-3-1-2-4-11-6/h6,11H,1-5H2. The largest absolute Gasteiger partial charge is 0.523 e. The van der Waals surface area contributed by atoms with Crippen LogP contribution in [0.4, 0.5) is 13.2 Å². The second kappa shape index (κ2) is 4.67. The quantitative estimate of drug-likeness (QED) is 0.597. The molecule has 1 N–H and O–H groups in total. The van der Waals surface area contributed by atoms with Crippen LogP contribution in [0.15, 0.2) is 0 Å². The zero-order chi connectivity index (χ0) is 11.5. The van der Waals surface area contributed by atoms with Crippen molar-refractivity contribution in [2.45, 2.75) is 30.8 Å². The first-order valence-electron chi connectivity index (χ1n) is 4.52. The monoisotopic (exact) mass is 247 g/mol. The van der Waals surface area contributed by atoms with Crippen LogP contribution in [-0.4, -0.2) is 33.1 Å². The number of nitrogens with one attached hydrogen (secondary N) is 1. The van der Waals surface area contributed by atoms with Crippen molar-refractivity contribution >= 4 is 10.1 Å². The number of piperidine rings is 1. The summed E-state index contributed by atoms with van der Waals surface area (Å²) < 4.78 is 60.5. The summed E-state index contributed by atoms with van der Waals surface area (Å²) in [6, 6.07) is -0.309. The SMILES string of the molecule is O=S(=O)(OCC1CCCCN1)C(F)(F)F. The number of hydrogen-bond acceptors (Lipinski definition) is 4. The predicted octanol–water partition coefficient (Wildman–Crippen LogP) is 0.995. The molecule has 15 heavy (non-hydrogen) atoms. The Morgan fingerprint density at radius 3 is 2.47 bits per heavy atom. The Balaban J connectivity index is 2.42. The van der Waals surface area contributed by atoms with Crippen LogP contribution in [0, 0.1) is 0 Å². The number of rotatable bonds is 3. The summed E-state index contributed by atoms with van der Waals surface area (Å²) in [4.78, 5) is 0. The molecule has 0 aliphatic carbocycles. The molecule has 0 radical (unpaired) electrons. The van der Waals surface area contributed by atoms with Gasteiger partial charge in [-0.1, -0.05) is 6.42 Å². The second-order valence-electron chi connectivity index (χ2n) is 3.33. The molecule has 0 bridgehead atoms. The Hall–Kier alpha value is -0.340. The van der Waals surface area contributed by atoms with E-state index in [0.717, 1.165) is 12.8 Å². The van der Waals surface area contributed by atoms with E-state index in [2.05, 4.69) is 9.50 Å². The van der Waals surface area contributed by atoms with Gasteiger partial charge in [-0.2, -0.15) is 21.6 Å². The molecule has 0 aromatic heterocycles. The van der Waals surface area contributed by atoms with Crippen molar-refractivity contribution in [3.63, 3.8) is 0 Å². The minimum atomic E-state index is -5.44. The normalized spacial score (nSPS) is 24.1. The minimum absolute atomic E-state index is 0.309. The van der Waals surface area contributed by atoms with E-state index in [0.29, 0.717) is 13.0 Å². The first-order chi connectivity index (χ1) is 6.83. The Bertz CT molecular complexity index is 295. The summed E-state index contributed by atoms with van der Waals surface area (Å²) in [6.07, 6.45) is 2.45. The fraction of sp³-hybridized carbons (Fsp3) is 1.00. The van der Waals surface area contributed by atoms with Crippen molar-refractivity contribution in [3.8, 4) is 0 Å². The van der Waals surface area contributed by atoms with Crippen molar-refractivity contribution < 1.29 is 25.8 Å². The van der Waals surface area contributed by atoms with Gasteiger partial charge in [0.2, 0.25) is 0 Å². The molecule has 0 spiro atoms. The number of hydrogen-bond donors (Lipinski definition) is 1. The molecule has 1 unspecified atom stereocenters. The third kappa shape index (κ3) is 3.62. The van der Waals surface area contributed by atoms with Crippen LogP contribution < -0.4 is 5.32 Å². The van der Waals surface area contributed by atoms with E-state index in [4.69, 9.17) is 0 Å². The van der Waals surface area contributed by atoms with E-state index in [1.54, 1.807) is 0 Å². The van der Waals surface area contributed by atoms with Crippen molar-refractivity contribution in [1.29, 1.82) is 0 Å². The first-order valence-corrected chi connectivity index (χ1v) is 5.93. The Labute approximate surface area is 85.9 Å². The number of alkyl halides is 3. The van der Waals surface area contributed by atoms with E-state index in [9.17, 15) is 21.6 Å². The molecule has 90 valence electrons. The van der Waals surface area contributed by atoms with Crippen LogP contribution >= 0.6 is 0 Å². The van der Waals surface area contributed by atoms with Gasteiger partial charge in [-0.05, 0) is 19.4 Å². The maximum absolute atomic E-state index is 11.9. The van der Waals surface area contributed by atoms with Gasteiger partial charge in [-0.3, -0.25) is 4.18 Å². The highest BCUT2D eigenvalue weighted by Crippen LogP contribution is 2.25. The van der Waals surface area contributed by atoms with Crippen LogP contribution in [0.1, 0.15) is 19.3 Å².